The zero-order valence-corrected chi connectivity index (χ0v) is 12.2. The van der Waals surface area contributed by atoms with E-state index >= 15 is 0 Å². The molecule has 0 spiro atoms. The zero-order valence-electron chi connectivity index (χ0n) is 11.4. The summed E-state index contributed by atoms with van der Waals surface area (Å²) in [6.07, 6.45) is 1.49. The number of sulfonamides is 1. The lowest BCUT2D eigenvalue weighted by Gasteiger charge is -2.20. The number of nitrogens with zero attached hydrogens (tertiary/aromatic N) is 1. The number of halogens is 1. The molecule has 0 aliphatic carbocycles. The van der Waals surface area contributed by atoms with Gasteiger partial charge >= 0.3 is 0 Å². The Morgan fingerprint density at radius 2 is 2.20 bits per heavy atom. The Morgan fingerprint density at radius 3 is 2.75 bits per heavy atom. The Bertz CT molecular complexity index is 561. The summed E-state index contributed by atoms with van der Waals surface area (Å²) in [5, 5.41) is 0. The zero-order chi connectivity index (χ0) is 15.2. The fourth-order valence-corrected chi connectivity index (χ4v) is 3.11. The van der Waals surface area contributed by atoms with Gasteiger partial charge in [-0.3, -0.25) is 0 Å². The number of hydrogen-bond donors (Lipinski definition) is 1. The minimum Gasteiger partial charge on any atom is -0.383 e. The predicted molar refractivity (Wildman–Crippen MR) is 75.1 cm³/mol. The number of rotatable bonds is 8. The molecule has 0 aliphatic rings. The van der Waals surface area contributed by atoms with Gasteiger partial charge in [0.2, 0.25) is 10.0 Å². The van der Waals surface area contributed by atoms with Gasteiger partial charge in [0, 0.05) is 32.3 Å². The van der Waals surface area contributed by atoms with Crippen molar-refractivity contribution in [1.82, 2.24) is 4.31 Å². The molecule has 0 heterocycles. The van der Waals surface area contributed by atoms with Crippen LogP contribution < -0.4 is 5.73 Å². The Balaban J connectivity index is 3.14. The summed E-state index contributed by atoms with van der Waals surface area (Å²) < 4.78 is 44.4. The second-order valence-corrected chi connectivity index (χ2v) is 6.04. The molecule has 0 saturated carbocycles. The first-order chi connectivity index (χ1) is 9.47. The number of hydrogen-bond acceptors (Lipinski definition) is 4. The van der Waals surface area contributed by atoms with Crippen LogP contribution in [0.4, 0.5) is 4.39 Å². The van der Waals surface area contributed by atoms with E-state index in [9.17, 15) is 12.8 Å². The van der Waals surface area contributed by atoms with E-state index in [1.807, 2.05) is 0 Å². The van der Waals surface area contributed by atoms with Crippen molar-refractivity contribution in [3.63, 3.8) is 0 Å². The summed E-state index contributed by atoms with van der Waals surface area (Å²) in [5.74, 6) is -0.515. The highest BCUT2D eigenvalue weighted by molar-refractivity contribution is 7.89. The Kier molecular flexibility index (Phi) is 6.28. The first-order valence-electron chi connectivity index (χ1n) is 6.05. The highest BCUT2D eigenvalue weighted by Crippen LogP contribution is 2.19. The molecule has 0 radical (unpaired) electrons. The van der Waals surface area contributed by atoms with E-state index in [1.165, 1.54) is 29.6 Å². The van der Waals surface area contributed by atoms with Gasteiger partial charge in [-0.05, 0) is 18.2 Å². The van der Waals surface area contributed by atoms with Crippen LogP contribution in [0, 0.1) is 5.82 Å². The second kappa shape index (κ2) is 7.49. The van der Waals surface area contributed by atoms with E-state index in [-0.39, 0.29) is 36.7 Å². The summed E-state index contributed by atoms with van der Waals surface area (Å²) in [6.45, 7) is 4.09. The summed E-state index contributed by atoms with van der Waals surface area (Å²) in [5.41, 5.74) is 5.56. The fraction of sp³-hybridized carbons (Fsp3) is 0.385. The molecule has 0 aliphatic heterocycles. The van der Waals surface area contributed by atoms with Crippen molar-refractivity contribution in [2.75, 3.05) is 26.8 Å². The van der Waals surface area contributed by atoms with E-state index in [4.69, 9.17) is 10.5 Å². The van der Waals surface area contributed by atoms with Gasteiger partial charge in [0.15, 0.2) is 0 Å². The molecule has 112 valence electrons. The van der Waals surface area contributed by atoms with Gasteiger partial charge < -0.3 is 10.5 Å². The number of ether oxygens (including phenoxy) is 1. The van der Waals surface area contributed by atoms with Crippen molar-refractivity contribution in [2.24, 2.45) is 5.73 Å². The SMILES string of the molecule is C=CCN(CCOC)S(=O)(=O)c1ccc(F)c(CN)c1. The maximum atomic E-state index is 13.4. The first-order valence-corrected chi connectivity index (χ1v) is 7.49. The lowest BCUT2D eigenvalue weighted by molar-refractivity contribution is 0.182. The van der Waals surface area contributed by atoms with Gasteiger partial charge in [-0.15, -0.1) is 6.58 Å². The molecular formula is C13H19FN2O3S. The van der Waals surface area contributed by atoms with Crippen molar-refractivity contribution < 1.29 is 17.5 Å². The van der Waals surface area contributed by atoms with E-state index in [0.717, 1.165) is 6.07 Å². The van der Waals surface area contributed by atoms with Crippen LogP contribution in [0.1, 0.15) is 5.56 Å². The summed E-state index contributed by atoms with van der Waals surface area (Å²) in [4.78, 5) is 0.0114. The molecule has 0 fully saturated rings. The number of benzene rings is 1. The summed E-state index contributed by atoms with van der Waals surface area (Å²) >= 11 is 0. The summed E-state index contributed by atoms with van der Waals surface area (Å²) in [6, 6.07) is 3.60. The average molecular weight is 302 g/mol. The van der Waals surface area contributed by atoms with Crippen LogP contribution in [0.15, 0.2) is 35.7 Å². The summed E-state index contributed by atoms with van der Waals surface area (Å²) in [7, 11) is -2.24. The minimum atomic E-state index is -3.72. The monoisotopic (exact) mass is 302 g/mol. The molecule has 7 heteroatoms. The highest BCUT2D eigenvalue weighted by Gasteiger charge is 2.24. The highest BCUT2D eigenvalue weighted by atomic mass is 32.2. The van der Waals surface area contributed by atoms with Crippen LogP contribution in [0.5, 0.6) is 0 Å². The smallest absolute Gasteiger partial charge is 0.243 e. The molecule has 2 N–H and O–H groups in total. The van der Waals surface area contributed by atoms with Gasteiger partial charge in [-0.1, -0.05) is 6.08 Å². The van der Waals surface area contributed by atoms with Crippen molar-refractivity contribution >= 4 is 10.0 Å². The van der Waals surface area contributed by atoms with Crippen LogP contribution in [-0.2, 0) is 21.3 Å². The topological polar surface area (TPSA) is 72.6 Å². The van der Waals surface area contributed by atoms with E-state index in [2.05, 4.69) is 6.58 Å². The molecule has 1 aromatic carbocycles. The molecule has 0 saturated heterocycles. The molecule has 0 amide bonds. The maximum Gasteiger partial charge on any atom is 0.243 e. The number of nitrogens with two attached hydrogens (primary N) is 1. The third-order valence-corrected chi connectivity index (χ3v) is 4.61. The van der Waals surface area contributed by atoms with Crippen molar-refractivity contribution in [1.29, 1.82) is 0 Å². The Morgan fingerprint density at radius 1 is 1.50 bits per heavy atom. The van der Waals surface area contributed by atoms with E-state index in [0.29, 0.717) is 0 Å². The van der Waals surface area contributed by atoms with Gasteiger partial charge in [-0.2, -0.15) is 4.31 Å². The number of methoxy groups -OCH3 is 1. The Labute approximate surface area is 118 Å². The molecule has 1 rings (SSSR count). The van der Waals surface area contributed by atoms with Gasteiger partial charge in [-0.25, -0.2) is 12.8 Å². The van der Waals surface area contributed by atoms with Crippen LogP contribution in [0.3, 0.4) is 0 Å². The Hall–Kier alpha value is -1.28. The largest absolute Gasteiger partial charge is 0.383 e. The molecule has 0 bridgehead atoms. The van der Waals surface area contributed by atoms with Crippen molar-refractivity contribution in [2.45, 2.75) is 11.4 Å². The molecular weight excluding hydrogens is 283 g/mol. The molecule has 0 unspecified atom stereocenters. The molecule has 5 nitrogen and oxygen atoms in total. The lowest BCUT2D eigenvalue weighted by Crippen LogP contribution is -2.34. The van der Waals surface area contributed by atoms with Crippen molar-refractivity contribution in [3.05, 3.63) is 42.2 Å². The van der Waals surface area contributed by atoms with Crippen LogP contribution >= 0.6 is 0 Å². The second-order valence-electron chi connectivity index (χ2n) is 4.10. The lowest BCUT2D eigenvalue weighted by atomic mass is 10.2. The van der Waals surface area contributed by atoms with Crippen LogP contribution in [0.25, 0.3) is 0 Å². The van der Waals surface area contributed by atoms with Crippen LogP contribution in [-0.4, -0.2) is 39.5 Å². The molecule has 1 aromatic rings. The molecule has 20 heavy (non-hydrogen) atoms. The fourth-order valence-electron chi connectivity index (χ4n) is 1.66. The van der Waals surface area contributed by atoms with Crippen LogP contribution in [0.2, 0.25) is 0 Å². The minimum absolute atomic E-state index is 0.0114. The van der Waals surface area contributed by atoms with E-state index in [1.54, 1.807) is 0 Å². The molecule has 0 aromatic heterocycles. The standard InChI is InChI=1S/C13H19FN2O3S/c1-3-6-16(7-8-19-2)20(17,18)12-4-5-13(14)11(9-12)10-15/h3-5,9H,1,6-8,10,15H2,2H3. The van der Waals surface area contributed by atoms with Gasteiger partial charge in [0.25, 0.3) is 0 Å². The van der Waals surface area contributed by atoms with Gasteiger partial charge in [0.05, 0.1) is 11.5 Å². The average Bonchev–Trinajstić information content (AvgIpc) is 2.43. The normalized spacial score (nSPS) is 11.8. The van der Waals surface area contributed by atoms with Crippen molar-refractivity contribution in [3.8, 4) is 0 Å². The third-order valence-electron chi connectivity index (χ3n) is 2.75. The quantitative estimate of drug-likeness (QED) is 0.730. The van der Waals surface area contributed by atoms with E-state index < -0.39 is 15.8 Å². The molecule has 0 atom stereocenters. The van der Waals surface area contributed by atoms with Gasteiger partial charge in [0.1, 0.15) is 5.82 Å². The maximum absolute atomic E-state index is 13.4. The predicted octanol–water partition coefficient (Wildman–Crippen LogP) is 1.11. The first kappa shape index (κ1) is 16.8. The third kappa shape index (κ3) is 3.86.